The van der Waals surface area contributed by atoms with E-state index in [1.165, 1.54) is 12.1 Å². The second-order valence-electron chi connectivity index (χ2n) is 5.35. The first kappa shape index (κ1) is 17.9. The summed E-state index contributed by atoms with van der Waals surface area (Å²) in [4.78, 5) is 11.9. The first-order valence-corrected chi connectivity index (χ1v) is 7.01. The van der Waals surface area contributed by atoms with E-state index in [0.717, 1.165) is 32.0 Å². The molecule has 0 spiro atoms. The topological polar surface area (TPSA) is 41.1 Å². The summed E-state index contributed by atoms with van der Waals surface area (Å²) in [7, 11) is 0. The molecule has 0 radical (unpaired) electrons. The molecule has 1 aromatic rings. The summed E-state index contributed by atoms with van der Waals surface area (Å²) in [6.45, 7) is 3.59. The minimum absolute atomic E-state index is 0. The Morgan fingerprint density at radius 2 is 2.05 bits per heavy atom. The van der Waals surface area contributed by atoms with Gasteiger partial charge in [0.25, 0.3) is 0 Å². The maximum atomic E-state index is 13.6. The standard InChI is InChI=1S/C15H20F2N2O.ClH/c1-10(13-3-2-12(16)9-14(13)17)19-15(20)8-11-4-6-18-7-5-11;/h2-3,9-11,18H,4-8H2,1H3,(H,19,20);1H. The Bertz CT molecular complexity index is 479. The van der Waals surface area contributed by atoms with Crippen molar-refractivity contribution in [2.75, 3.05) is 13.1 Å². The van der Waals surface area contributed by atoms with E-state index >= 15 is 0 Å². The molecule has 2 N–H and O–H groups in total. The van der Waals surface area contributed by atoms with Crippen molar-refractivity contribution in [2.45, 2.75) is 32.2 Å². The van der Waals surface area contributed by atoms with Crippen molar-refractivity contribution in [3.63, 3.8) is 0 Å². The normalized spacial score (nSPS) is 16.9. The molecule has 1 fully saturated rings. The van der Waals surface area contributed by atoms with Gasteiger partial charge < -0.3 is 10.6 Å². The number of piperidine rings is 1. The monoisotopic (exact) mass is 318 g/mol. The number of halogens is 3. The van der Waals surface area contributed by atoms with Crippen LogP contribution in [0.5, 0.6) is 0 Å². The molecule has 0 saturated carbocycles. The lowest BCUT2D eigenvalue weighted by molar-refractivity contribution is -0.122. The third-order valence-electron chi connectivity index (χ3n) is 3.74. The van der Waals surface area contributed by atoms with Crippen LogP contribution in [0.25, 0.3) is 0 Å². The van der Waals surface area contributed by atoms with Crippen molar-refractivity contribution < 1.29 is 13.6 Å². The molecule has 0 aliphatic carbocycles. The lowest BCUT2D eigenvalue weighted by atomic mass is 9.94. The summed E-state index contributed by atoms with van der Waals surface area (Å²) in [5, 5.41) is 6.03. The summed E-state index contributed by atoms with van der Waals surface area (Å²) in [6, 6.07) is 2.96. The van der Waals surface area contributed by atoms with Gasteiger partial charge in [-0.3, -0.25) is 4.79 Å². The van der Waals surface area contributed by atoms with Gasteiger partial charge in [0.05, 0.1) is 6.04 Å². The van der Waals surface area contributed by atoms with Crippen LogP contribution in [0.15, 0.2) is 18.2 Å². The third-order valence-corrected chi connectivity index (χ3v) is 3.74. The van der Waals surface area contributed by atoms with E-state index in [-0.39, 0.29) is 18.3 Å². The lowest BCUT2D eigenvalue weighted by Gasteiger charge is -2.23. The fourth-order valence-corrected chi connectivity index (χ4v) is 2.58. The number of hydrogen-bond acceptors (Lipinski definition) is 2. The maximum Gasteiger partial charge on any atom is 0.220 e. The van der Waals surface area contributed by atoms with E-state index in [1.54, 1.807) is 6.92 Å². The summed E-state index contributed by atoms with van der Waals surface area (Å²) in [6.07, 6.45) is 2.45. The van der Waals surface area contributed by atoms with Gasteiger partial charge in [-0.1, -0.05) is 6.07 Å². The predicted molar refractivity (Wildman–Crippen MR) is 80.4 cm³/mol. The molecule has 1 aromatic carbocycles. The first-order valence-electron chi connectivity index (χ1n) is 7.01. The molecule has 1 atom stereocenters. The van der Waals surface area contributed by atoms with Crippen LogP contribution in [-0.4, -0.2) is 19.0 Å². The molecule has 118 valence electrons. The van der Waals surface area contributed by atoms with E-state index in [2.05, 4.69) is 10.6 Å². The van der Waals surface area contributed by atoms with Crippen molar-refractivity contribution in [3.8, 4) is 0 Å². The number of rotatable bonds is 4. The van der Waals surface area contributed by atoms with Crippen LogP contribution in [-0.2, 0) is 4.79 Å². The molecular formula is C15H21ClF2N2O. The second-order valence-corrected chi connectivity index (χ2v) is 5.35. The van der Waals surface area contributed by atoms with Gasteiger partial charge in [-0.25, -0.2) is 8.78 Å². The Morgan fingerprint density at radius 3 is 2.67 bits per heavy atom. The predicted octanol–water partition coefficient (Wildman–Crippen LogP) is 2.95. The maximum absolute atomic E-state index is 13.6. The number of carbonyl (C=O) groups is 1. The van der Waals surface area contributed by atoms with Gasteiger partial charge in [-0.2, -0.15) is 0 Å². The largest absolute Gasteiger partial charge is 0.349 e. The minimum atomic E-state index is -0.625. The number of benzene rings is 1. The van der Waals surface area contributed by atoms with Gasteiger partial charge in [0, 0.05) is 18.1 Å². The summed E-state index contributed by atoms with van der Waals surface area (Å²) in [5.41, 5.74) is 0.310. The van der Waals surface area contributed by atoms with Crippen molar-refractivity contribution in [1.29, 1.82) is 0 Å². The van der Waals surface area contributed by atoms with Gasteiger partial charge in [-0.05, 0) is 44.8 Å². The number of nitrogens with one attached hydrogen (secondary N) is 2. The molecule has 0 bridgehead atoms. The van der Waals surface area contributed by atoms with Gasteiger partial charge >= 0.3 is 0 Å². The molecule has 1 heterocycles. The average molecular weight is 319 g/mol. The fraction of sp³-hybridized carbons (Fsp3) is 0.533. The molecule has 21 heavy (non-hydrogen) atoms. The van der Waals surface area contributed by atoms with Crippen LogP contribution in [0.4, 0.5) is 8.78 Å². The highest BCUT2D eigenvalue weighted by atomic mass is 35.5. The van der Waals surface area contributed by atoms with Crippen LogP contribution in [0.1, 0.15) is 37.8 Å². The Morgan fingerprint density at radius 1 is 1.38 bits per heavy atom. The molecule has 3 nitrogen and oxygen atoms in total. The van der Waals surface area contributed by atoms with Crippen molar-refractivity contribution in [3.05, 3.63) is 35.4 Å². The Kier molecular flexibility index (Phi) is 7.05. The highest BCUT2D eigenvalue weighted by molar-refractivity contribution is 5.85. The summed E-state index contributed by atoms with van der Waals surface area (Å²) >= 11 is 0. The smallest absolute Gasteiger partial charge is 0.220 e. The van der Waals surface area contributed by atoms with Crippen LogP contribution >= 0.6 is 12.4 Å². The lowest BCUT2D eigenvalue weighted by Crippen LogP contribution is -2.33. The van der Waals surface area contributed by atoms with Crippen molar-refractivity contribution >= 4 is 18.3 Å². The summed E-state index contributed by atoms with van der Waals surface area (Å²) in [5.74, 6) is -0.922. The van der Waals surface area contributed by atoms with E-state index < -0.39 is 17.7 Å². The zero-order chi connectivity index (χ0) is 14.5. The van der Waals surface area contributed by atoms with Gasteiger partial charge in [0.15, 0.2) is 0 Å². The number of amides is 1. The fourth-order valence-electron chi connectivity index (χ4n) is 2.58. The minimum Gasteiger partial charge on any atom is -0.349 e. The molecule has 2 rings (SSSR count). The molecule has 1 saturated heterocycles. The van der Waals surface area contributed by atoms with Crippen molar-refractivity contribution in [1.82, 2.24) is 10.6 Å². The Hall–Kier alpha value is -1.20. The Balaban J connectivity index is 0.00000220. The second kappa shape index (κ2) is 8.29. The Labute approximate surface area is 129 Å². The molecule has 6 heteroatoms. The highest BCUT2D eigenvalue weighted by Crippen LogP contribution is 2.20. The van der Waals surface area contributed by atoms with E-state index in [9.17, 15) is 13.6 Å². The van der Waals surface area contributed by atoms with Crippen LogP contribution < -0.4 is 10.6 Å². The molecule has 1 amide bonds. The highest BCUT2D eigenvalue weighted by Gasteiger charge is 2.19. The molecule has 1 unspecified atom stereocenters. The van der Waals surface area contributed by atoms with Crippen molar-refractivity contribution in [2.24, 2.45) is 5.92 Å². The first-order chi connectivity index (χ1) is 9.56. The SMILES string of the molecule is CC(NC(=O)CC1CCNCC1)c1ccc(F)cc1F.Cl. The van der Waals surface area contributed by atoms with Crippen LogP contribution in [0, 0.1) is 17.6 Å². The van der Waals surface area contributed by atoms with Crippen LogP contribution in [0.3, 0.4) is 0 Å². The van der Waals surface area contributed by atoms with Gasteiger partial charge in [0.2, 0.25) is 5.91 Å². The van der Waals surface area contributed by atoms with Gasteiger partial charge in [-0.15, -0.1) is 12.4 Å². The van der Waals surface area contributed by atoms with Gasteiger partial charge in [0.1, 0.15) is 11.6 Å². The summed E-state index contributed by atoms with van der Waals surface area (Å²) < 4.78 is 26.5. The number of hydrogen-bond donors (Lipinski definition) is 2. The zero-order valence-corrected chi connectivity index (χ0v) is 12.8. The van der Waals surface area contributed by atoms with E-state index in [4.69, 9.17) is 0 Å². The zero-order valence-electron chi connectivity index (χ0n) is 12.0. The molecule has 1 aliphatic heterocycles. The van der Waals surface area contributed by atoms with Crippen LogP contribution in [0.2, 0.25) is 0 Å². The molecular weight excluding hydrogens is 298 g/mol. The molecule has 0 aromatic heterocycles. The van der Waals surface area contributed by atoms with E-state index in [0.29, 0.717) is 17.9 Å². The average Bonchev–Trinajstić information content (AvgIpc) is 2.39. The third kappa shape index (κ3) is 5.25. The quantitative estimate of drug-likeness (QED) is 0.896. The number of carbonyl (C=O) groups excluding carboxylic acids is 1. The van der Waals surface area contributed by atoms with E-state index in [1.807, 2.05) is 0 Å². The molecule has 1 aliphatic rings.